The lowest BCUT2D eigenvalue weighted by molar-refractivity contribution is -0.0169. The maximum absolute atomic E-state index is 9.38. The number of piperidine rings is 1. The van der Waals surface area contributed by atoms with Crippen LogP contribution >= 0.6 is 11.3 Å². The lowest BCUT2D eigenvalue weighted by Gasteiger charge is -2.50. The molecular formula is C38H49NO4S. The largest absolute Gasteiger partial charge is 0.496 e. The first-order valence-corrected chi connectivity index (χ1v) is 14.7. The van der Waals surface area contributed by atoms with Crippen LogP contribution in [0.3, 0.4) is 0 Å². The van der Waals surface area contributed by atoms with Gasteiger partial charge in [0, 0.05) is 37.3 Å². The van der Waals surface area contributed by atoms with Crippen molar-refractivity contribution in [3.8, 4) is 39.2 Å². The van der Waals surface area contributed by atoms with Crippen LogP contribution in [0.15, 0.2) is 42.3 Å². The van der Waals surface area contributed by atoms with Gasteiger partial charge in [-0.2, -0.15) is 0 Å². The zero-order valence-electron chi connectivity index (χ0n) is 45.5. The second-order valence-corrected chi connectivity index (χ2v) is 11.8. The maximum Gasteiger partial charge on any atom is 0.153 e. The molecule has 0 aliphatic carbocycles. The van der Waals surface area contributed by atoms with Crippen LogP contribution in [-0.4, -0.2) is 42.7 Å². The number of methoxy groups -OCH3 is 1. The van der Waals surface area contributed by atoms with Crippen molar-refractivity contribution in [2.75, 3.05) is 20.2 Å². The summed E-state index contributed by atoms with van der Waals surface area (Å²) in [6, 6.07) is -9.06. The first kappa shape index (κ1) is 15.9. The van der Waals surface area contributed by atoms with Crippen LogP contribution in [0.5, 0.6) is 28.7 Å². The van der Waals surface area contributed by atoms with Gasteiger partial charge in [0.15, 0.2) is 5.75 Å². The average Bonchev–Trinajstić information content (AvgIpc) is 3.52. The number of hydrogen-bond acceptors (Lipinski definition) is 6. The minimum absolute atomic E-state index is 0.00000815. The van der Waals surface area contributed by atoms with Gasteiger partial charge in [-0.3, -0.25) is 4.90 Å². The molecule has 2 unspecified atom stereocenters. The smallest absolute Gasteiger partial charge is 0.153 e. The van der Waals surface area contributed by atoms with Gasteiger partial charge in [-0.25, -0.2) is 0 Å². The van der Waals surface area contributed by atoms with E-state index in [9.17, 15) is 1.37 Å². The highest BCUT2D eigenvalue weighted by atomic mass is 32.1. The Labute approximate surface area is 294 Å². The average molecular weight is 635 g/mol. The highest BCUT2D eigenvalue weighted by molar-refractivity contribution is 7.22. The van der Waals surface area contributed by atoms with Crippen LogP contribution < -0.4 is 18.9 Å². The molecule has 3 aromatic carbocycles. The van der Waals surface area contributed by atoms with Gasteiger partial charge in [0.1, 0.15) is 29.6 Å². The molecule has 0 spiro atoms. The molecular weight excluding hydrogens is 566 g/mol. The predicted molar refractivity (Wildman–Crippen MR) is 185 cm³/mol. The van der Waals surface area contributed by atoms with Gasteiger partial charge in [0.05, 0.1) is 35.0 Å². The summed E-state index contributed by atoms with van der Waals surface area (Å²) in [5, 5.41) is 0.0247. The molecule has 0 amide bonds. The van der Waals surface area contributed by atoms with Crippen molar-refractivity contribution in [2.45, 2.75) is 99.0 Å². The molecule has 236 valence electrons. The normalized spacial score (nSPS) is 30.2. The van der Waals surface area contributed by atoms with E-state index < -0.39 is 91.5 Å². The fraction of sp³-hybridized carbons (Fsp3) is 0.474. The molecule has 0 radical (unpaired) electrons. The van der Waals surface area contributed by atoms with Gasteiger partial charge < -0.3 is 18.9 Å². The molecule has 1 fully saturated rings. The molecule has 2 atom stereocenters. The second kappa shape index (κ2) is 13.0. The standard InChI is InChI=1S/C38H49NO4S/c1-11-41-29-14-15-30(23(2)19-29)37-36(31-20-24(3)34(40-10)21-35(31)44-37)43-33-17-16-32(27(6)28(33)7)42-22-26(5)39-25(4)13-12-18-38(39,8)9/h14-17,19-21,25-26H,11-13,18,22H2,1-10H3/i11D2,12D2,13D2,14D,15D,16D,17D,18D2,19D,20D,21D,22D2,25D,26D. The molecule has 1 saturated heterocycles. The molecule has 1 aliphatic heterocycles. The van der Waals surface area contributed by atoms with Crippen LogP contribution in [0.25, 0.3) is 20.5 Å². The second-order valence-electron chi connectivity index (χ2n) is 10.8. The van der Waals surface area contributed by atoms with Gasteiger partial charge in [0.2, 0.25) is 0 Å². The molecule has 5 nitrogen and oxygen atoms in total. The number of thiophene rings is 1. The van der Waals surface area contributed by atoms with E-state index in [0.717, 1.165) is 46.0 Å². The third-order valence-corrected chi connectivity index (χ3v) is 8.34. The molecule has 0 bridgehead atoms. The fourth-order valence-electron chi connectivity index (χ4n) is 4.98. The van der Waals surface area contributed by atoms with Crippen LogP contribution in [0.4, 0.5) is 0 Å². The molecule has 1 aliphatic rings. The maximum atomic E-state index is 9.38. The predicted octanol–water partition coefficient (Wildman–Crippen LogP) is 10.4. The number of ether oxygens (including phenoxy) is 4. The Hall–Kier alpha value is -3.22. The summed E-state index contributed by atoms with van der Waals surface area (Å²) in [5.41, 5.74) is -1.93. The van der Waals surface area contributed by atoms with Gasteiger partial charge in [-0.15, -0.1) is 11.3 Å². The zero-order chi connectivity index (χ0) is 48.7. The molecule has 1 aromatic heterocycles. The summed E-state index contributed by atoms with van der Waals surface area (Å²) < 4.78 is 190. The van der Waals surface area contributed by atoms with Crippen molar-refractivity contribution in [3.63, 3.8) is 0 Å². The van der Waals surface area contributed by atoms with Crippen molar-refractivity contribution in [1.82, 2.24) is 4.90 Å². The highest BCUT2D eigenvalue weighted by Gasteiger charge is 2.37. The Balaban J connectivity index is 1.74. The number of likely N-dealkylation sites (tertiary alicyclic amines) is 1. The van der Waals surface area contributed by atoms with Gasteiger partial charge in [0.25, 0.3) is 0 Å². The van der Waals surface area contributed by atoms with E-state index in [1.54, 1.807) is 0 Å². The molecule has 44 heavy (non-hydrogen) atoms. The third kappa shape index (κ3) is 6.29. The van der Waals surface area contributed by atoms with E-state index in [-0.39, 0.29) is 72.1 Å². The van der Waals surface area contributed by atoms with Crippen LogP contribution in [0, 0.1) is 27.7 Å². The minimum atomic E-state index is -3.33. The van der Waals surface area contributed by atoms with E-state index >= 15 is 0 Å². The van der Waals surface area contributed by atoms with Crippen molar-refractivity contribution < 1.29 is 45.0 Å². The summed E-state index contributed by atoms with van der Waals surface area (Å²) in [6.45, 7) is 5.35. The van der Waals surface area contributed by atoms with Crippen LogP contribution in [0.2, 0.25) is 0 Å². The summed E-state index contributed by atoms with van der Waals surface area (Å²) in [7, 11) is 1.33. The number of nitrogens with zero attached hydrogens (tertiary/aromatic N) is 1. The number of benzene rings is 3. The van der Waals surface area contributed by atoms with E-state index in [1.807, 2.05) is 0 Å². The fourth-order valence-corrected chi connectivity index (χ4v) is 6.11. The summed E-state index contributed by atoms with van der Waals surface area (Å²) in [6.07, 6.45) is -9.73. The molecule has 6 heteroatoms. The molecule has 4 aromatic rings. The SMILES string of the molecule is [2H]c1c([2H])c(-c2sc3c([2H])c(OC)c(C)c([2H])c3c2Oc2c([2H])c([2H])c(OC([2H])([2H])C([2H])(C)N3C([2H])(C)C([2H])([2H])C([2H])([2H])C([2H])([2H])C3(C)C)c(C)c2C)c(C)c([2H])c1OC([2H])([2H])C. The summed E-state index contributed by atoms with van der Waals surface area (Å²) in [4.78, 5) is 0.620. The lowest BCUT2D eigenvalue weighted by atomic mass is 9.85. The Morgan fingerprint density at radius 1 is 1.07 bits per heavy atom. The lowest BCUT2D eigenvalue weighted by Crippen LogP contribution is -2.57. The third-order valence-electron chi connectivity index (χ3n) is 7.24. The quantitative estimate of drug-likeness (QED) is 0.174. The molecule has 5 rings (SSSR count). The molecule has 0 N–H and O–H groups in total. The highest BCUT2D eigenvalue weighted by Crippen LogP contribution is 2.49. The van der Waals surface area contributed by atoms with Crippen molar-refractivity contribution in [2.24, 2.45) is 0 Å². The van der Waals surface area contributed by atoms with Crippen LogP contribution in [0.1, 0.15) is 102 Å². The van der Waals surface area contributed by atoms with Crippen molar-refractivity contribution >= 4 is 21.4 Å². The summed E-state index contributed by atoms with van der Waals surface area (Å²) in [5.74, 6) is -1.52. The minimum Gasteiger partial charge on any atom is -0.496 e. The topological polar surface area (TPSA) is 40.2 Å². The number of rotatable bonds is 10. The van der Waals surface area contributed by atoms with E-state index in [0.29, 0.717) is 4.90 Å². The van der Waals surface area contributed by atoms with E-state index in [4.69, 9.17) is 43.6 Å². The van der Waals surface area contributed by atoms with Crippen molar-refractivity contribution in [1.29, 1.82) is 0 Å². The van der Waals surface area contributed by atoms with Crippen molar-refractivity contribution in [3.05, 3.63) is 64.6 Å². The first-order valence-electron chi connectivity index (χ1n) is 23.4. The monoisotopic (exact) mass is 634 g/mol. The number of hydrogen-bond donors (Lipinski definition) is 0. The number of fused-ring (bicyclic) bond motifs is 1. The summed E-state index contributed by atoms with van der Waals surface area (Å²) >= 11 is 0.872. The Kier molecular flexibility index (Phi) is 4.69. The van der Waals surface area contributed by atoms with Gasteiger partial charge in [-0.1, -0.05) is 6.37 Å². The molecule has 2 heterocycles. The van der Waals surface area contributed by atoms with Gasteiger partial charge in [-0.05, 0) is 145 Å². The van der Waals surface area contributed by atoms with E-state index in [2.05, 4.69) is 0 Å². The van der Waals surface area contributed by atoms with E-state index in [1.165, 1.54) is 34.8 Å². The zero-order valence-corrected chi connectivity index (χ0v) is 27.3. The Morgan fingerprint density at radius 2 is 1.80 bits per heavy atom. The Morgan fingerprint density at radius 3 is 2.52 bits per heavy atom. The van der Waals surface area contributed by atoms with Crippen LogP contribution in [-0.2, 0) is 0 Å². The first-order chi connectivity index (χ1) is 28.2. The molecule has 0 saturated carbocycles. The Bertz CT molecular complexity index is 2460. The van der Waals surface area contributed by atoms with Gasteiger partial charge >= 0.3 is 0 Å².